The first-order valence-electron chi connectivity index (χ1n) is 7.64. The Hall–Kier alpha value is -1.81. The van der Waals surface area contributed by atoms with Gasteiger partial charge in [0.1, 0.15) is 0 Å². The standard InChI is InChI=1S/C17H20ClN3O/c1-20-9-8-16(19-20)13-6-10-21(11-7-13)17(22)12-14-4-2-3-5-15(14)18/h2-5,8-9,13H,6-7,10-12H2,1H3. The SMILES string of the molecule is Cn1ccc(C2CCN(C(=O)Cc3ccccc3Cl)CC2)n1. The second kappa shape index (κ2) is 6.53. The zero-order valence-electron chi connectivity index (χ0n) is 12.7. The van der Waals surface area contributed by atoms with Crippen LogP contribution >= 0.6 is 11.6 Å². The van der Waals surface area contributed by atoms with Crippen LogP contribution in [0.4, 0.5) is 0 Å². The van der Waals surface area contributed by atoms with Crippen molar-refractivity contribution in [1.29, 1.82) is 0 Å². The number of benzene rings is 1. The van der Waals surface area contributed by atoms with E-state index in [0.29, 0.717) is 17.4 Å². The minimum atomic E-state index is 0.160. The number of halogens is 1. The van der Waals surface area contributed by atoms with Crippen molar-refractivity contribution in [3.05, 3.63) is 52.8 Å². The molecule has 0 atom stereocenters. The van der Waals surface area contributed by atoms with Crippen LogP contribution in [0.15, 0.2) is 36.5 Å². The van der Waals surface area contributed by atoms with E-state index in [2.05, 4.69) is 11.2 Å². The Labute approximate surface area is 135 Å². The number of carbonyl (C=O) groups excluding carboxylic acids is 1. The smallest absolute Gasteiger partial charge is 0.227 e. The van der Waals surface area contributed by atoms with Crippen LogP contribution in [-0.2, 0) is 18.3 Å². The molecule has 4 nitrogen and oxygen atoms in total. The van der Waals surface area contributed by atoms with Crippen molar-refractivity contribution in [1.82, 2.24) is 14.7 Å². The van der Waals surface area contributed by atoms with Crippen LogP contribution in [-0.4, -0.2) is 33.7 Å². The summed E-state index contributed by atoms with van der Waals surface area (Å²) in [5, 5.41) is 5.15. The number of likely N-dealkylation sites (tertiary alicyclic amines) is 1. The Bertz CT molecular complexity index is 659. The predicted molar refractivity (Wildman–Crippen MR) is 86.9 cm³/mol. The third-order valence-corrected chi connectivity index (χ3v) is 4.67. The van der Waals surface area contributed by atoms with Crippen molar-refractivity contribution in [2.75, 3.05) is 13.1 Å². The number of aryl methyl sites for hydroxylation is 1. The number of piperidine rings is 1. The van der Waals surface area contributed by atoms with Crippen LogP contribution in [0.5, 0.6) is 0 Å². The molecule has 0 saturated carbocycles. The van der Waals surface area contributed by atoms with Crippen molar-refractivity contribution in [2.24, 2.45) is 7.05 Å². The summed E-state index contributed by atoms with van der Waals surface area (Å²) < 4.78 is 1.84. The van der Waals surface area contributed by atoms with Gasteiger partial charge in [-0.3, -0.25) is 9.48 Å². The summed E-state index contributed by atoms with van der Waals surface area (Å²) in [6, 6.07) is 9.63. The molecule has 3 rings (SSSR count). The lowest BCUT2D eigenvalue weighted by atomic mass is 9.93. The second-order valence-electron chi connectivity index (χ2n) is 5.84. The number of carbonyl (C=O) groups is 1. The molecule has 2 heterocycles. The molecule has 1 aromatic heterocycles. The van der Waals surface area contributed by atoms with Gasteiger partial charge >= 0.3 is 0 Å². The largest absolute Gasteiger partial charge is 0.342 e. The van der Waals surface area contributed by atoms with E-state index in [9.17, 15) is 4.79 Å². The first-order chi connectivity index (χ1) is 10.6. The molecule has 116 valence electrons. The van der Waals surface area contributed by atoms with Gasteiger partial charge in [-0.2, -0.15) is 5.10 Å². The summed E-state index contributed by atoms with van der Waals surface area (Å²) in [4.78, 5) is 14.4. The van der Waals surface area contributed by atoms with Crippen LogP contribution in [0.25, 0.3) is 0 Å². The lowest BCUT2D eigenvalue weighted by Gasteiger charge is -2.31. The molecule has 22 heavy (non-hydrogen) atoms. The molecule has 0 unspecified atom stereocenters. The van der Waals surface area contributed by atoms with Gasteiger partial charge in [0.25, 0.3) is 0 Å². The first kappa shape index (κ1) is 15.1. The van der Waals surface area contributed by atoms with E-state index in [-0.39, 0.29) is 5.91 Å². The summed E-state index contributed by atoms with van der Waals surface area (Å²) in [5.74, 6) is 0.623. The molecule has 2 aromatic rings. The zero-order chi connectivity index (χ0) is 15.5. The zero-order valence-corrected chi connectivity index (χ0v) is 13.5. The Morgan fingerprint density at radius 2 is 2.00 bits per heavy atom. The highest BCUT2D eigenvalue weighted by Crippen LogP contribution is 2.27. The van der Waals surface area contributed by atoms with Gasteiger partial charge in [0.05, 0.1) is 12.1 Å². The van der Waals surface area contributed by atoms with E-state index in [0.717, 1.165) is 37.2 Å². The number of amides is 1. The van der Waals surface area contributed by atoms with Crippen molar-refractivity contribution in [3.8, 4) is 0 Å². The molecule has 1 aliphatic heterocycles. The van der Waals surface area contributed by atoms with Gasteiger partial charge < -0.3 is 4.90 Å². The van der Waals surface area contributed by atoms with Crippen LogP contribution in [0.3, 0.4) is 0 Å². The molecule has 5 heteroatoms. The second-order valence-corrected chi connectivity index (χ2v) is 6.24. The average molecular weight is 318 g/mol. The topological polar surface area (TPSA) is 38.1 Å². The monoisotopic (exact) mass is 317 g/mol. The summed E-state index contributed by atoms with van der Waals surface area (Å²) in [6.45, 7) is 1.59. The fourth-order valence-electron chi connectivity index (χ4n) is 2.99. The number of nitrogens with zero attached hydrogens (tertiary/aromatic N) is 3. The Morgan fingerprint density at radius 3 is 2.64 bits per heavy atom. The van der Waals surface area contributed by atoms with E-state index in [1.807, 2.05) is 47.1 Å². The summed E-state index contributed by atoms with van der Waals surface area (Å²) in [7, 11) is 1.94. The van der Waals surface area contributed by atoms with Crippen molar-refractivity contribution < 1.29 is 4.79 Å². The van der Waals surface area contributed by atoms with Gasteiger partial charge in [0.15, 0.2) is 0 Å². The Morgan fingerprint density at radius 1 is 1.27 bits per heavy atom. The fourth-order valence-corrected chi connectivity index (χ4v) is 3.19. The summed E-state index contributed by atoms with van der Waals surface area (Å²) in [5.41, 5.74) is 2.04. The number of hydrogen-bond donors (Lipinski definition) is 0. The maximum absolute atomic E-state index is 12.4. The van der Waals surface area contributed by atoms with Gasteiger partial charge in [-0.1, -0.05) is 29.8 Å². The van der Waals surface area contributed by atoms with E-state index in [1.54, 1.807) is 0 Å². The molecule has 0 radical (unpaired) electrons. The molecule has 0 aliphatic carbocycles. The molecule has 0 bridgehead atoms. The van der Waals surface area contributed by atoms with Gasteiger partial charge in [0.2, 0.25) is 5.91 Å². The molecule has 1 aromatic carbocycles. The Balaban J connectivity index is 1.57. The molecule has 1 aliphatic rings. The van der Waals surface area contributed by atoms with Gasteiger partial charge in [-0.25, -0.2) is 0 Å². The van der Waals surface area contributed by atoms with Crippen LogP contribution in [0.2, 0.25) is 5.02 Å². The molecular formula is C17H20ClN3O. The van der Waals surface area contributed by atoms with Crippen molar-refractivity contribution >= 4 is 17.5 Å². The third kappa shape index (κ3) is 3.33. The van der Waals surface area contributed by atoms with E-state index < -0.39 is 0 Å². The van der Waals surface area contributed by atoms with Gasteiger partial charge in [-0.15, -0.1) is 0 Å². The van der Waals surface area contributed by atoms with E-state index in [4.69, 9.17) is 11.6 Å². The lowest BCUT2D eigenvalue weighted by molar-refractivity contribution is -0.131. The number of aromatic nitrogens is 2. The minimum absolute atomic E-state index is 0.160. The maximum Gasteiger partial charge on any atom is 0.227 e. The molecule has 0 spiro atoms. The maximum atomic E-state index is 12.4. The first-order valence-corrected chi connectivity index (χ1v) is 8.02. The van der Waals surface area contributed by atoms with Crippen molar-refractivity contribution in [2.45, 2.75) is 25.2 Å². The number of rotatable bonds is 3. The third-order valence-electron chi connectivity index (χ3n) is 4.30. The van der Waals surface area contributed by atoms with Gasteiger partial charge in [-0.05, 0) is 30.5 Å². The van der Waals surface area contributed by atoms with E-state index in [1.165, 1.54) is 0 Å². The highest BCUT2D eigenvalue weighted by atomic mass is 35.5. The molecule has 1 saturated heterocycles. The van der Waals surface area contributed by atoms with Crippen LogP contribution in [0, 0.1) is 0 Å². The van der Waals surface area contributed by atoms with Gasteiger partial charge in [0, 0.05) is 37.3 Å². The molecular weight excluding hydrogens is 298 g/mol. The van der Waals surface area contributed by atoms with Crippen molar-refractivity contribution in [3.63, 3.8) is 0 Å². The highest BCUT2D eigenvalue weighted by molar-refractivity contribution is 6.31. The molecule has 0 N–H and O–H groups in total. The number of hydrogen-bond acceptors (Lipinski definition) is 2. The normalized spacial score (nSPS) is 16.0. The summed E-state index contributed by atoms with van der Waals surface area (Å²) >= 11 is 6.13. The summed E-state index contributed by atoms with van der Waals surface area (Å²) in [6.07, 6.45) is 4.31. The average Bonchev–Trinajstić information content (AvgIpc) is 2.96. The lowest BCUT2D eigenvalue weighted by Crippen LogP contribution is -2.38. The predicted octanol–water partition coefficient (Wildman–Crippen LogP) is 3.02. The quantitative estimate of drug-likeness (QED) is 0.872. The molecule has 1 amide bonds. The highest BCUT2D eigenvalue weighted by Gasteiger charge is 2.25. The van der Waals surface area contributed by atoms with Crippen LogP contribution < -0.4 is 0 Å². The Kier molecular flexibility index (Phi) is 4.48. The van der Waals surface area contributed by atoms with E-state index >= 15 is 0 Å². The minimum Gasteiger partial charge on any atom is -0.342 e. The fraction of sp³-hybridized carbons (Fsp3) is 0.412. The van der Waals surface area contributed by atoms with Crippen LogP contribution in [0.1, 0.15) is 30.0 Å². The molecule has 1 fully saturated rings.